The lowest BCUT2D eigenvalue weighted by Gasteiger charge is -2.37. The molecule has 1 saturated heterocycles. The summed E-state index contributed by atoms with van der Waals surface area (Å²) in [5, 5.41) is 3.67. The average Bonchev–Trinajstić information content (AvgIpc) is 3.12. The predicted molar refractivity (Wildman–Crippen MR) is 207 cm³/mol. The van der Waals surface area contributed by atoms with E-state index in [4.69, 9.17) is 16.3 Å². The van der Waals surface area contributed by atoms with Crippen molar-refractivity contribution >= 4 is 29.2 Å². The summed E-state index contributed by atoms with van der Waals surface area (Å²) in [5.41, 5.74) is 0.0237. The van der Waals surface area contributed by atoms with Crippen LogP contribution in [0.15, 0.2) is 109 Å². The number of unbranched alkanes of at least 4 members (excludes halogenated alkanes) is 1. The maximum Gasteiger partial charge on any atom is 0.266 e. The first-order valence-electron chi connectivity index (χ1n) is 18.1. The second-order valence-electron chi connectivity index (χ2n) is 13.1. The van der Waals surface area contributed by atoms with Crippen molar-refractivity contribution in [2.45, 2.75) is 90.6 Å². The molecule has 0 radical (unpaired) electrons. The van der Waals surface area contributed by atoms with Crippen molar-refractivity contribution in [3.05, 3.63) is 125 Å². The van der Waals surface area contributed by atoms with E-state index in [0.717, 1.165) is 57.8 Å². The van der Waals surface area contributed by atoms with E-state index in [-0.39, 0.29) is 17.6 Å². The lowest BCUT2D eigenvalue weighted by molar-refractivity contribution is -0.147. The fourth-order valence-corrected chi connectivity index (χ4v) is 5.72. The van der Waals surface area contributed by atoms with Gasteiger partial charge in [0, 0.05) is 42.2 Å². The van der Waals surface area contributed by atoms with E-state index in [2.05, 4.69) is 73.0 Å². The van der Waals surface area contributed by atoms with E-state index in [1.807, 2.05) is 4.90 Å². The fourth-order valence-electron chi connectivity index (χ4n) is 5.60. The molecule has 0 saturated carbocycles. The summed E-state index contributed by atoms with van der Waals surface area (Å²) in [7, 11) is 0. The third-order valence-electron chi connectivity index (χ3n) is 8.53. The third kappa shape index (κ3) is 15.2. The van der Waals surface area contributed by atoms with Crippen LogP contribution in [-0.4, -0.2) is 47.7 Å². The number of carbonyl (C=O) groups is 3. The molecule has 1 N–H and O–H groups in total. The molecular formula is C43H55ClN2O4. The van der Waals surface area contributed by atoms with Crippen LogP contribution in [-0.2, 0) is 9.59 Å². The van der Waals surface area contributed by atoms with Crippen molar-refractivity contribution in [3.8, 4) is 5.75 Å². The zero-order valence-corrected chi connectivity index (χ0v) is 30.9. The predicted octanol–water partition coefficient (Wildman–Crippen LogP) is 10.0. The van der Waals surface area contributed by atoms with Crippen LogP contribution in [0.25, 0.3) is 0 Å². The molecule has 0 spiro atoms. The van der Waals surface area contributed by atoms with Gasteiger partial charge in [-0.05, 0) is 126 Å². The lowest BCUT2D eigenvalue weighted by Crippen LogP contribution is -2.52. The number of rotatable bonds is 20. The number of allylic oxidation sites excluding steroid dienone is 10. The summed E-state index contributed by atoms with van der Waals surface area (Å²) in [5.74, 6) is 0.783. The molecule has 2 amide bonds. The summed E-state index contributed by atoms with van der Waals surface area (Å²) in [4.78, 5) is 40.4. The maximum atomic E-state index is 13.4. The number of piperidine rings is 1. The van der Waals surface area contributed by atoms with Crippen molar-refractivity contribution in [2.75, 3.05) is 19.6 Å². The van der Waals surface area contributed by atoms with E-state index in [1.54, 1.807) is 62.4 Å². The summed E-state index contributed by atoms with van der Waals surface area (Å²) in [6, 6.07) is 13.6. The number of nitrogens with zero attached hydrogens (tertiary/aromatic N) is 1. The van der Waals surface area contributed by atoms with Crippen LogP contribution in [0.2, 0.25) is 5.02 Å². The van der Waals surface area contributed by atoms with Crippen LogP contribution in [0, 0.1) is 5.92 Å². The van der Waals surface area contributed by atoms with E-state index in [1.165, 1.54) is 0 Å². The zero-order valence-electron chi connectivity index (χ0n) is 30.1. The van der Waals surface area contributed by atoms with Gasteiger partial charge in [-0.15, -0.1) is 0 Å². The molecule has 2 aromatic rings. The van der Waals surface area contributed by atoms with E-state index < -0.39 is 5.60 Å². The number of amides is 2. The molecule has 1 heterocycles. The highest BCUT2D eigenvalue weighted by molar-refractivity contribution is 6.30. The minimum atomic E-state index is -1.06. The average molecular weight is 699 g/mol. The van der Waals surface area contributed by atoms with Gasteiger partial charge in [0.05, 0.1) is 0 Å². The van der Waals surface area contributed by atoms with Gasteiger partial charge in [0.25, 0.3) is 5.91 Å². The van der Waals surface area contributed by atoms with Crippen LogP contribution in [0.3, 0.4) is 0 Å². The minimum absolute atomic E-state index is 0.0728. The molecule has 1 fully saturated rings. The quantitative estimate of drug-likeness (QED) is 0.0849. The van der Waals surface area contributed by atoms with Crippen LogP contribution < -0.4 is 10.1 Å². The smallest absolute Gasteiger partial charge is 0.266 e. The van der Waals surface area contributed by atoms with Gasteiger partial charge in [-0.2, -0.15) is 0 Å². The van der Waals surface area contributed by atoms with Crippen LogP contribution >= 0.6 is 11.6 Å². The van der Waals surface area contributed by atoms with Gasteiger partial charge in [-0.1, -0.05) is 79.3 Å². The van der Waals surface area contributed by atoms with Gasteiger partial charge in [0.15, 0.2) is 11.4 Å². The Morgan fingerprint density at radius 2 is 1.28 bits per heavy atom. The molecule has 0 aliphatic carbocycles. The van der Waals surface area contributed by atoms with Gasteiger partial charge in [-0.3, -0.25) is 14.4 Å². The monoisotopic (exact) mass is 698 g/mol. The van der Waals surface area contributed by atoms with Gasteiger partial charge < -0.3 is 15.0 Å². The second-order valence-corrected chi connectivity index (χ2v) is 13.5. The number of likely N-dealkylation sites (tertiary alicyclic amines) is 1. The van der Waals surface area contributed by atoms with Crippen molar-refractivity contribution in [1.82, 2.24) is 10.2 Å². The SMILES string of the molecule is CCC=CCC=CCC=CCC=CCC=CCCCC(=O)NCC1CCN(C(=O)C(C)(C)Oc2ccc(C(=O)c3ccc(Cl)cc3)cc2)CC1. The summed E-state index contributed by atoms with van der Waals surface area (Å²) >= 11 is 5.94. The number of halogens is 1. The molecule has 0 unspecified atom stereocenters. The highest BCUT2D eigenvalue weighted by Gasteiger charge is 2.36. The Bertz CT molecular complexity index is 1480. The number of benzene rings is 2. The molecule has 1 aliphatic heterocycles. The first-order chi connectivity index (χ1) is 24.2. The minimum Gasteiger partial charge on any atom is -0.478 e. The second kappa shape index (κ2) is 22.5. The normalized spacial score (nSPS) is 14.5. The maximum absolute atomic E-state index is 13.4. The van der Waals surface area contributed by atoms with Gasteiger partial charge in [0.1, 0.15) is 5.75 Å². The first kappa shape index (κ1) is 40.3. The van der Waals surface area contributed by atoms with Crippen molar-refractivity contribution < 1.29 is 19.1 Å². The molecule has 1 aliphatic rings. The topological polar surface area (TPSA) is 75.7 Å². The molecule has 0 bridgehead atoms. The highest BCUT2D eigenvalue weighted by Crippen LogP contribution is 2.25. The Morgan fingerprint density at radius 1 is 0.780 bits per heavy atom. The van der Waals surface area contributed by atoms with Gasteiger partial charge in [0.2, 0.25) is 5.91 Å². The molecule has 3 rings (SSSR count). The number of ketones is 1. The Hall–Kier alpha value is -4.16. The molecule has 7 heteroatoms. The zero-order chi connectivity index (χ0) is 36.0. The first-order valence-corrected chi connectivity index (χ1v) is 18.5. The van der Waals surface area contributed by atoms with Crippen molar-refractivity contribution in [3.63, 3.8) is 0 Å². The van der Waals surface area contributed by atoms with Crippen LogP contribution in [0.1, 0.15) is 101 Å². The molecule has 0 aromatic heterocycles. The fraction of sp³-hybridized carbons (Fsp3) is 0.419. The Labute approximate surface area is 305 Å². The standard InChI is InChI=1S/C43H55ClN2O4/c1-4-5-6-7-8-9-10-11-12-13-14-15-16-17-18-19-20-21-40(47)45-34-35-30-32-46(33-31-35)42(49)43(2,3)50-39-28-24-37(25-29-39)41(48)36-22-26-38(44)27-23-36/h5-6,8-9,11-12,14-15,17-18,22-29,35H,4,7,10,13,16,19-21,30-34H2,1-3H3,(H,45,47). The lowest BCUT2D eigenvalue weighted by atomic mass is 9.95. The Morgan fingerprint density at radius 3 is 1.82 bits per heavy atom. The molecule has 50 heavy (non-hydrogen) atoms. The van der Waals surface area contributed by atoms with E-state index in [0.29, 0.717) is 53.9 Å². The highest BCUT2D eigenvalue weighted by atomic mass is 35.5. The summed E-state index contributed by atoms with van der Waals surface area (Å²) in [6.45, 7) is 7.59. The summed E-state index contributed by atoms with van der Waals surface area (Å²) < 4.78 is 6.10. The molecule has 2 aromatic carbocycles. The molecule has 0 atom stereocenters. The van der Waals surface area contributed by atoms with E-state index >= 15 is 0 Å². The van der Waals surface area contributed by atoms with Crippen LogP contribution in [0.4, 0.5) is 0 Å². The molecule has 268 valence electrons. The number of carbonyl (C=O) groups excluding carboxylic acids is 3. The Kier molecular flexibility index (Phi) is 18.2. The van der Waals surface area contributed by atoms with Crippen LogP contribution in [0.5, 0.6) is 5.75 Å². The van der Waals surface area contributed by atoms with Crippen molar-refractivity contribution in [1.29, 1.82) is 0 Å². The largest absolute Gasteiger partial charge is 0.478 e. The molecular weight excluding hydrogens is 644 g/mol. The number of hydrogen-bond donors (Lipinski definition) is 1. The number of nitrogens with one attached hydrogen (secondary N) is 1. The van der Waals surface area contributed by atoms with Crippen molar-refractivity contribution in [2.24, 2.45) is 5.92 Å². The number of ether oxygens (including phenoxy) is 1. The number of hydrogen-bond acceptors (Lipinski definition) is 4. The Balaban J connectivity index is 1.25. The van der Waals surface area contributed by atoms with Gasteiger partial charge in [-0.25, -0.2) is 0 Å². The van der Waals surface area contributed by atoms with Gasteiger partial charge >= 0.3 is 0 Å². The van der Waals surface area contributed by atoms with E-state index in [9.17, 15) is 14.4 Å². The summed E-state index contributed by atoms with van der Waals surface area (Å²) in [6.07, 6.45) is 30.7. The molecule has 6 nitrogen and oxygen atoms in total. The third-order valence-corrected chi connectivity index (χ3v) is 8.78.